The number of aromatic amines is 1. The predicted octanol–water partition coefficient (Wildman–Crippen LogP) is 3.51. The van der Waals surface area contributed by atoms with Crippen molar-refractivity contribution >= 4 is 27.5 Å². The highest BCUT2D eigenvalue weighted by Crippen LogP contribution is 2.44. The van der Waals surface area contributed by atoms with Gasteiger partial charge in [0.25, 0.3) is 0 Å². The molecular formula is C24H25N5O4S. The number of H-pyrrole nitrogens is 1. The van der Waals surface area contributed by atoms with Gasteiger partial charge in [0.1, 0.15) is 17.0 Å². The van der Waals surface area contributed by atoms with Gasteiger partial charge in [-0.05, 0) is 36.6 Å². The Morgan fingerprint density at radius 1 is 1.21 bits per heavy atom. The standard InChI is InChI=1S/C24H25N5O4S/c1-4-33-24(30)22-15(10-19-26-12-27-29-19)28-23-21(14-11-25-8-7-18(14)34-23)20(22)13-5-6-16(31-2)17(9-13)32-3/h5-6,9,12,25H,4,7-8,10-11H2,1-3H3,(H,26,27,29). The first-order valence-corrected chi connectivity index (χ1v) is 11.9. The molecule has 4 heterocycles. The quantitative estimate of drug-likeness (QED) is 0.388. The van der Waals surface area contributed by atoms with E-state index >= 15 is 0 Å². The van der Waals surface area contributed by atoms with Crippen molar-refractivity contribution in [2.75, 3.05) is 27.4 Å². The van der Waals surface area contributed by atoms with Crippen molar-refractivity contribution in [1.29, 1.82) is 0 Å². The number of thiophene rings is 1. The van der Waals surface area contributed by atoms with Crippen molar-refractivity contribution in [3.05, 3.63) is 52.0 Å². The molecule has 4 aromatic rings. The molecule has 9 nitrogen and oxygen atoms in total. The number of carbonyl (C=O) groups is 1. The number of benzene rings is 1. The summed E-state index contributed by atoms with van der Waals surface area (Å²) in [5.74, 6) is 1.41. The largest absolute Gasteiger partial charge is 0.493 e. The summed E-state index contributed by atoms with van der Waals surface area (Å²) in [5, 5.41) is 11.3. The minimum absolute atomic E-state index is 0.257. The van der Waals surface area contributed by atoms with Crippen LogP contribution in [-0.2, 0) is 24.1 Å². The molecule has 1 aliphatic rings. The van der Waals surface area contributed by atoms with E-state index in [1.54, 1.807) is 32.5 Å². The van der Waals surface area contributed by atoms with Gasteiger partial charge < -0.3 is 19.5 Å². The lowest BCUT2D eigenvalue weighted by Crippen LogP contribution is -2.22. The summed E-state index contributed by atoms with van der Waals surface area (Å²) in [4.78, 5) is 24.8. The second-order valence-electron chi connectivity index (χ2n) is 7.82. The third kappa shape index (κ3) is 3.88. The number of pyridine rings is 1. The lowest BCUT2D eigenvalue weighted by atomic mass is 9.91. The minimum atomic E-state index is -0.417. The lowest BCUT2D eigenvalue weighted by Gasteiger charge is -2.18. The van der Waals surface area contributed by atoms with Gasteiger partial charge in [-0.3, -0.25) is 5.10 Å². The first kappa shape index (κ1) is 22.3. The fraction of sp³-hybridized carbons (Fsp3) is 0.333. The molecule has 34 heavy (non-hydrogen) atoms. The number of nitrogens with one attached hydrogen (secondary N) is 2. The average molecular weight is 480 g/mol. The molecule has 0 spiro atoms. The molecule has 1 aromatic carbocycles. The van der Waals surface area contributed by atoms with Crippen LogP contribution in [0.4, 0.5) is 0 Å². The number of hydrogen-bond donors (Lipinski definition) is 2. The van der Waals surface area contributed by atoms with Gasteiger partial charge in [-0.1, -0.05) is 6.07 Å². The summed E-state index contributed by atoms with van der Waals surface area (Å²) >= 11 is 1.68. The normalized spacial score (nSPS) is 13.0. The molecule has 0 saturated carbocycles. The Bertz CT molecular complexity index is 1350. The number of nitrogens with zero attached hydrogens (tertiary/aromatic N) is 3. The van der Waals surface area contributed by atoms with Crippen LogP contribution in [0.2, 0.25) is 0 Å². The van der Waals surface area contributed by atoms with Gasteiger partial charge in [0.05, 0.1) is 38.5 Å². The number of methoxy groups -OCH3 is 2. The molecule has 176 valence electrons. The minimum Gasteiger partial charge on any atom is -0.493 e. The van der Waals surface area contributed by atoms with E-state index in [4.69, 9.17) is 19.2 Å². The van der Waals surface area contributed by atoms with Crippen LogP contribution in [0.1, 0.15) is 39.2 Å². The smallest absolute Gasteiger partial charge is 0.340 e. The van der Waals surface area contributed by atoms with E-state index in [-0.39, 0.29) is 6.61 Å². The highest BCUT2D eigenvalue weighted by Gasteiger charge is 2.29. The van der Waals surface area contributed by atoms with Crippen LogP contribution < -0.4 is 14.8 Å². The summed E-state index contributed by atoms with van der Waals surface area (Å²) < 4.78 is 16.5. The van der Waals surface area contributed by atoms with Crippen LogP contribution in [0.3, 0.4) is 0 Å². The van der Waals surface area contributed by atoms with Gasteiger partial charge in [0.15, 0.2) is 11.5 Å². The number of fused-ring (bicyclic) bond motifs is 3. The monoisotopic (exact) mass is 479 g/mol. The summed E-state index contributed by atoms with van der Waals surface area (Å²) in [5.41, 5.74) is 3.83. The molecule has 0 radical (unpaired) electrons. The molecule has 0 aliphatic carbocycles. The maximum absolute atomic E-state index is 13.4. The number of esters is 1. The molecular weight excluding hydrogens is 454 g/mol. The number of carbonyl (C=O) groups excluding carboxylic acids is 1. The van der Waals surface area contributed by atoms with Crippen LogP contribution in [0.5, 0.6) is 11.5 Å². The van der Waals surface area contributed by atoms with Crippen LogP contribution in [-0.4, -0.2) is 53.5 Å². The molecule has 0 saturated heterocycles. The fourth-order valence-electron chi connectivity index (χ4n) is 4.39. The molecule has 2 N–H and O–H groups in total. The lowest BCUT2D eigenvalue weighted by molar-refractivity contribution is 0.0526. The number of aromatic nitrogens is 4. The van der Waals surface area contributed by atoms with Gasteiger partial charge >= 0.3 is 5.97 Å². The molecule has 3 aromatic heterocycles. The molecule has 1 aliphatic heterocycles. The second-order valence-corrected chi connectivity index (χ2v) is 8.90. The van der Waals surface area contributed by atoms with E-state index < -0.39 is 5.97 Å². The number of hydrogen-bond acceptors (Lipinski definition) is 9. The highest BCUT2D eigenvalue weighted by atomic mass is 32.1. The third-order valence-electron chi connectivity index (χ3n) is 5.88. The molecule has 0 bridgehead atoms. The van der Waals surface area contributed by atoms with Gasteiger partial charge in [0.2, 0.25) is 0 Å². The zero-order valence-corrected chi connectivity index (χ0v) is 20.0. The van der Waals surface area contributed by atoms with Crippen LogP contribution in [0.25, 0.3) is 21.3 Å². The van der Waals surface area contributed by atoms with E-state index in [1.807, 2.05) is 18.2 Å². The first-order chi connectivity index (χ1) is 16.6. The van der Waals surface area contributed by atoms with Crippen molar-refractivity contribution in [3.8, 4) is 22.6 Å². The van der Waals surface area contributed by atoms with E-state index in [0.717, 1.165) is 40.9 Å². The van der Waals surface area contributed by atoms with Gasteiger partial charge in [-0.25, -0.2) is 14.8 Å². The predicted molar refractivity (Wildman–Crippen MR) is 129 cm³/mol. The SMILES string of the molecule is CCOC(=O)c1c(Cc2ncn[nH]2)nc2sc3c(c2c1-c1ccc(OC)c(OC)c1)CNCC3. The molecule has 0 amide bonds. The summed E-state index contributed by atoms with van der Waals surface area (Å²) in [7, 11) is 3.20. The van der Waals surface area contributed by atoms with Gasteiger partial charge in [0, 0.05) is 28.9 Å². The van der Waals surface area contributed by atoms with Crippen molar-refractivity contribution in [1.82, 2.24) is 25.5 Å². The van der Waals surface area contributed by atoms with E-state index in [2.05, 4.69) is 20.5 Å². The van der Waals surface area contributed by atoms with Crippen molar-refractivity contribution in [2.45, 2.75) is 26.3 Å². The second kappa shape index (κ2) is 9.40. The maximum atomic E-state index is 13.4. The average Bonchev–Trinajstić information content (AvgIpc) is 3.50. The fourth-order valence-corrected chi connectivity index (χ4v) is 5.61. The number of ether oxygens (including phenoxy) is 3. The summed E-state index contributed by atoms with van der Waals surface area (Å²) in [6.07, 6.45) is 2.70. The Labute approximate surface area is 200 Å². The van der Waals surface area contributed by atoms with Crippen molar-refractivity contribution in [2.24, 2.45) is 0 Å². The topological polar surface area (TPSA) is 111 Å². The zero-order valence-electron chi connectivity index (χ0n) is 19.2. The Kier molecular flexibility index (Phi) is 6.16. The van der Waals surface area contributed by atoms with Gasteiger partial charge in [-0.15, -0.1) is 11.3 Å². The number of rotatable bonds is 7. The Balaban J connectivity index is 1.85. The van der Waals surface area contributed by atoms with E-state index in [1.165, 1.54) is 16.8 Å². The Morgan fingerprint density at radius 3 is 2.79 bits per heavy atom. The maximum Gasteiger partial charge on any atom is 0.340 e. The third-order valence-corrected chi connectivity index (χ3v) is 7.07. The molecule has 0 unspecified atom stereocenters. The zero-order chi connectivity index (χ0) is 23.7. The Morgan fingerprint density at radius 2 is 2.06 bits per heavy atom. The van der Waals surface area contributed by atoms with E-state index in [9.17, 15) is 4.79 Å². The van der Waals surface area contributed by atoms with Crippen LogP contribution in [0.15, 0.2) is 24.5 Å². The van der Waals surface area contributed by atoms with Gasteiger partial charge in [-0.2, -0.15) is 5.10 Å². The summed E-state index contributed by atoms with van der Waals surface area (Å²) in [6.45, 7) is 3.70. The van der Waals surface area contributed by atoms with Crippen molar-refractivity contribution < 1.29 is 19.0 Å². The molecule has 5 rings (SSSR count). The van der Waals surface area contributed by atoms with E-state index in [0.29, 0.717) is 35.0 Å². The molecule has 10 heteroatoms. The first-order valence-electron chi connectivity index (χ1n) is 11.1. The van der Waals surface area contributed by atoms with Crippen LogP contribution in [0, 0.1) is 0 Å². The van der Waals surface area contributed by atoms with Crippen molar-refractivity contribution in [3.63, 3.8) is 0 Å². The molecule has 0 atom stereocenters. The summed E-state index contributed by atoms with van der Waals surface area (Å²) in [6, 6.07) is 5.69. The highest BCUT2D eigenvalue weighted by molar-refractivity contribution is 7.19. The Hall–Kier alpha value is -3.50. The van der Waals surface area contributed by atoms with Crippen LogP contribution >= 0.6 is 11.3 Å². The molecule has 0 fully saturated rings.